The van der Waals surface area contributed by atoms with Gasteiger partial charge >= 0.3 is 0 Å². The quantitative estimate of drug-likeness (QED) is 0.274. The molecule has 1 aliphatic rings. The summed E-state index contributed by atoms with van der Waals surface area (Å²) in [7, 11) is 0. The maximum atomic E-state index is 13.1. The van der Waals surface area contributed by atoms with Crippen LogP contribution in [0.25, 0.3) is 21.9 Å². The fourth-order valence-corrected chi connectivity index (χ4v) is 4.28. The van der Waals surface area contributed by atoms with Crippen molar-refractivity contribution < 1.29 is 14.3 Å². The number of para-hydroxylation sites is 1. The molecule has 0 fully saturated rings. The number of anilines is 1. The van der Waals surface area contributed by atoms with Gasteiger partial charge in [-0.1, -0.05) is 36.0 Å². The molecule has 0 aliphatic carbocycles. The number of carbonyl (C=O) groups is 1. The second-order valence-corrected chi connectivity index (χ2v) is 7.84. The predicted molar refractivity (Wildman–Crippen MR) is 120 cm³/mol. The van der Waals surface area contributed by atoms with Gasteiger partial charge in [0.15, 0.2) is 16.7 Å². The van der Waals surface area contributed by atoms with Crippen molar-refractivity contribution in [2.24, 2.45) is 0 Å². The lowest BCUT2D eigenvalue weighted by atomic mass is 10.2. The first-order valence-corrected chi connectivity index (χ1v) is 10.6. The average Bonchev–Trinajstić information content (AvgIpc) is 3.39. The number of rotatable bonds is 6. The Kier molecular flexibility index (Phi) is 4.87. The lowest BCUT2D eigenvalue weighted by molar-refractivity contribution is -0.113. The number of fused-ring (bicyclic) bond motifs is 4. The van der Waals surface area contributed by atoms with Crippen molar-refractivity contribution in [3.8, 4) is 11.5 Å². The monoisotopic (exact) mass is 434 g/mol. The molecule has 0 bridgehead atoms. The largest absolute Gasteiger partial charge is 0.454 e. The van der Waals surface area contributed by atoms with Gasteiger partial charge in [-0.05, 0) is 18.2 Å². The van der Waals surface area contributed by atoms with Gasteiger partial charge in [0.25, 0.3) is 5.56 Å². The van der Waals surface area contributed by atoms with Crippen LogP contribution in [0.2, 0.25) is 0 Å². The molecule has 156 valence electrons. The van der Waals surface area contributed by atoms with Gasteiger partial charge in [-0.2, -0.15) is 0 Å². The smallest absolute Gasteiger partial charge is 0.278 e. The highest BCUT2D eigenvalue weighted by Crippen LogP contribution is 2.34. The third-order valence-electron chi connectivity index (χ3n) is 4.88. The molecule has 4 aromatic rings. The van der Waals surface area contributed by atoms with Crippen LogP contribution in [0.1, 0.15) is 0 Å². The maximum Gasteiger partial charge on any atom is 0.278 e. The molecule has 31 heavy (non-hydrogen) atoms. The molecular formula is C22H18N4O4S. The number of amides is 1. The van der Waals surface area contributed by atoms with Crippen LogP contribution in [0.3, 0.4) is 0 Å². The second kappa shape index (κ2) is 7.84. The van der Waals surface area contributed by atoms with Crippen molar-refractivity contribution in [3.05, 3.63) is 65.5 Å². The number of ether oxygens (including phenoxy) is 2. The van der Waals surface area contributed by atoms with Crippen LogP contribution in [0, 0.1) is 0 Å². The minimum absolute atomic E-state index is 0.0892. The Morgan fingerprint density at radius 1 is 1.26 bits per heavy atom. The highest BCUT2D eigenvalue weighted by atomic mass is 32.2. The van der Waals surface area contributed by atoms with Gasteiger partial charge in [-0.15, -0.1) is 6.58 Å². The summed E-state index contributed by atoms with van der Waals surface area (Å²) in [5, 5.41) is 4.16. The minimum atomic E-state index is -0.220. The molecule has 1 amide bonds. The van der Waals surface area contributed by atoms with Crippen LogP contribution < -0.4 is 20.3 Å². The fraction of sp³-hybridized carbons (Fsp3) is 0.136. The number of hydrogen-bond donors (Lipinski definition) is 2. The van der Waals surface area contributed by atoms with Gasteiger partial charge < -0.3 is 19.8 Å². The molecule has 2 aromatic heterocycles. The van der Waals surface area contributed by atoms with Gasteiger partial charge in [0.1, 0.15) is 11.0 Å². The number of thioether (sulfide) groups is 1. The molecule has 0 radical (unpaired) electrons. The fourth-order valence-electron chi connectivity index (χ4n) is 3.48. The molecule has 0 unspecified atom stereocenters. The summed E-state index contributed by atoms with van der Waals surface area (Å²) in [6.07, 6.45) is 1.63. The third kappa shape index (κ3) is 3.53. The van der Waals surface area contributed by atoms with Crippen molar-refractivity contribution in [2.45, 2.75) is 11.7 Å². The Bertz CT molecular complexity index is 1390. The highest BCUT2D eigenvalue weighted by Gasteiger charge is 2.17. The molecule has 8 nitrogen and oxygen atoms in total. The molecule has 3 heterocycles. The first kappa shape index (κ1) is 19.3. The number of aromatic nitrogens is 3. The number of hydrogen-bond acceptors (Lipinski definition) is 6. The van der Waals surface area contributed by atoms with E-state index in [9.17, 15) is 9.59 Å². The van der Waals surface area contributed by atoms with Crippen LogP contribution >= 0.6 is 11.8 Å². The van der Waals surface area contributed by atoms with E-state index in [2.05, 4.69) is 16.9 Å². The molecule has 5 rings (SSSR count). The van der Waals surface area contributed by atoms with Crippen molar-refractivity contribution >= 4 is 45.3 Å². The number of carbonyl (C=O) groups excluding carboxylic acids is 1. The Morgan fingerprint density at radius 3 is 2.97 bits per heavy atom. The van der Waals surface area contributed by atoms with E-state index < -0.39 is 0 Å². The number of nitrogens with one attached hydrogen (secondary N) is 2. The van der Waals surface area contributed by atoms with Gasteiger partial charge in [0.05, 0.1) is 5.75 Å². The van der Waals surface area contributed by atoms with E-state index in [1.807, 2.05) is 24.3 Å². The van der Waals surface area contributed by atoms with E-state index in [0.29, 0.717) is 39.9 Å². The first-order valence-electron chi connectivity index (χ1n) is 9.58. The summed E-state index contributed by atoms with van der Waals surface area (Å²) in [5.74, 6) is 1.11. The topological polar surface area (TPSA) is 98.2 Å². The molecule has 0 spiro atoms. The number of aromatic amines is 1. The summed E-state index contributed by atoms with van der Waals surface area (Å²) < 4.78 is 12.1. The van der Waals surface area contributed by atoms with Crippen LogP contribution in [0.4, 0.5) is 5.69 Å². The van der Waals surface area contributed by atoms with Crippen molar-refractivity contribution in [2.75, 3.05) is 17.9 Å². The Labute approximate surface area is 180 Å². The molecule has 0 atom stereocenters. The summed E-state index contributed by atoms with van der Waals surface area (Å²) in [6, 6.07) is 12.8. The van der Waals surface area contributed by atoms with Crippen LogP contribution in [-0.4, -0.2) is 33.0 Å². The van der Waals surface area contributed by atoms with Gasteiger partial charge in [0, 0.05) is 29.2 Å². The van der Waals surface area contributed by atoms with Gasteiger partial charge in [0.2, 0.25) is 12.7 Å². The SMILES string of the molecule is C=CCn1c(SCC(=O)Nc2ccc3c(c2)OCO3)nc2c([nH]c3ccccc32)c1=O. The minimum Gasteiger partial charge on any atom is -0.454 e. The van der Waals surface area contributed by atoms with E-state index in [0.717, 1.165) is 10.9 Å². The number of allylic oxidation sites excluding steroid dienone is 1. The van der Waals surface area contributed by atoms with Crippen molar-refractivity contribution in [1.82, 2.24) is 14.5 Å². The van der Waals surface area contributed by atoms with Gasteiger partial charge in [-0.25, -0.2) is 4.98 Å². The van der Waals surface area contributed by atoms with Crippen LogP contribution in [-0.2, 0) is 11.3 Å². The van der Waals surface area contributed by atoms with Crippen LogP contribution in [0.15, 0.2) is 65.1 Å². The lowest BCUT2D eigenvalue weighted by Crippen LogP contribution is -2.23. The Hall–Kier alpha value is -3.72. The zero-order valence-electron chi connectivity index (χ0n) is 16.4. The summed E-state index contributed by atoms with van der Waals surface area (Å²) in [5.41, 5.74) is 2.30. The summed E-state index contributed by atoms with van der Waals surface area (Å²) >= 11 is 1.20. The Morgan fingerprint density at radius 2 is 2.10 bits per heavy atom. The average molecular weight is 434 g/mol. The highest BCUT2D eigenvalue weighted by molar-refractivity contribution is 7.99. The maximum absolute atomic E-state index is 13.1. The molecule has 9 heteroatoms. The summed E-state index contributed by atoms with van der Waals surface area (Å²) in [4.78, 5) is 33.4. The molecule has 0 saturated carbocycles. The summed E-state index contributed by atoms with van der Waals surface area (Å²) in [6.45, 7) is 4.20. The van der Waals surface area contributed by atoms with E-state index in [4.69, 9.17) is 14.5 Å². The van der Waals surface area contributed by atoms with E-state index in [1.165, 1.54) is 16.3 Å². The second-order valence-electron chi connectivity index (χ2n) is 6.90. The third-order valence-corrected chi connectivity index (χ3v) is 5.85. The van der Waals surface area contributed by atoms with Crippen molar-refractivity contribution in [3.63, 3.8) is 0 Å². The standard InChI is InChI=1S/C22H18N4O4S/c1-2-9-26-21(28)20-19(14-5-3-4-6-15(14)24-20)25-22(26)31-11-18(27)23-13-7-8-16-17(10-13)30-12-29-16/h2-8,10,24H,1,9,11-12H2,(H,23,27). The Balaban J connectivity index is 1.41. The molecular weight excluding hydrogens is 416 g/mol. The number of H-pyrrole nitrogens is 1. The van der Waals surface area contributed by atoms with Gasteiger partial charge in [-0.3, -0.25) is 14.2 Å². The zero-order chi connectivity index (χ0) is 21.4. The number of nitrogens with zero attached hydrogens (tertiary/aromatic N) is 2. The van der Waals surface area contributed by atoms with Crippen molar-refractivity contribution in [1.29, 1.82) is 0 Å². The lowest BCUT2D eigenvalue weighted by Gasteiger charge is -2.10. The van der Waals surface area contributed by atoms with Crippen LogP contribution in [0.5, 0.6) is 11.5 Å². The molecule has 1 aliphatic heterocycles. The number of benzene rings is 2. The predicted octanol–water partition coefficient (Wildman–Crippen LogP) is 3.52. The van der Waals surface area contributed by atoms with E-state index >= 15 is 0 Å². The molecule has 2 N–H and O–H groups in total. The molecule has 2 aromatic carbocycles. The molecule has 0 saturated heterocycles. The normalized spacial score (nSPS) is 12.4. The van der Waals surface area contributed by atoms with E-state index in [1.54, 1.807) is 24.3 Å². The van der Waals surface area contributed by atoms with E-state index in [-0.39, 0.29) is 24.0 Å². The first-order chi connectivity index (χ1) is 15.1. The zero-order valence-corrected chi connectivity index (χ0v) is 17.2.